The topological polar surface area (TPSA) is 12.0 Å². The number of hydrogen-bond donors (Lipinski definition) is 1. The standard InChI is InChI=1S/C17H27NS/c1-4-6-7-8-11-15(3)18-16-12-9-10-13-17(16)19-14-5-2/h5,9-10,12-13,15,18H,2,4,6-8,11,14H2,1,3H3. The van der Waals surface area contributed by atoms with E-state index in [1.54, 1.807) is 0 Å². The minimum atomic E-state index is 0.544. The summed E-state index contributed by atoms with van der Waals surface area (Å²) in [6.45, 7) is 8.32. The minimum absolute atomic E-state index is 0.544. The predicted octanol–water partition coefficient (Wildman–Crippen LogP) is 5.74. The Kier molecular flexibility index (Phi) is 8.48. The van der Waals surface area contributed by atoms with E-state index >= 15 is 0 Å². The van der Waals surface area contributed by atoms with Crippen LogP contribution in [0.1, 0.15) is 46.0 Å². The quantitative estimate of drug-likeness (QED) is 0.333. The van der Waals surface area contributed by atoms with Gasteiger partial charge in [-0.15, -0.1) is 18.3 Å². The Balaban J connectivity index is 2.43. The first-order valence-electron chi connectivity index (χ1n) is 7.37. The normalized spacial score (nSPS) is 12.1. The zero-order valence-corrected chi connectivity index (χ0v) is 13.1. The Morgan fingerprint density at radius 3 is 2.79 bits per heavy atom. The van der Waals surface area contributed by atoms with Crippen molar-refractivity contribution in [2.75, 3.05) is 11.1 Å². The van der Waals surface area contributed by atoms with Gasteiger partial charge in [0.2, 0.25) is 0 Å². The van der Waals surface area contributed by atoms with Crippen LogP contribution in [0.15, 0.2) is 41.8 Å². The number of unbranched alkanes of at least 4 members (excludes halogenated alkanes) is 3. The van der Waals surface area contributed by atoms with Gasteiger partial charge in [-0.3, -0.25) is 0 Å². The molecule has 1 aromatic carbocycles. The van der Waals surface area contributed by atoms with E-state index in [2.05, 4.69) is 50.0 Å². The van der Waals surface area contributed by atoms with E-state index in [0.717, 1.165) is 5.75 Å². The molecular formula is C17H27NS. The Labute approximate surface area is 122 Å². The summed E-state index contributed by atoms with van der Waals surface area (Å²) >= 11 is 1.84. The number of hydrogen-bond acceptors (Lipinski definition) is 2. The maximum absolute atomic E-state index is 3.78. The van der Waals surface area contributed by atoms with Crippen molar-refractivity contribution in [3.63, 3.8) is 0 Å². The molecule has 1 nitrogen and oxygen atoms in total. The third kappa shape index (κ3) is 6.72. The second kappa shape index (κ2) is 9.96. The third-order valence-electron chi connectivity index (χ3n) is 3.14. The molecule has 0 bridgehead atoms. The molecule has 0 aliphatic rings. The van der Waals surface area contributed by atoms with Gasteiger partial charge in [-0.2, -0.15) is 0 Å². The first-order chi connectivity index (χ1) is 9.27. The van der Waals surface area contributed by atoms with E-state index in [1.807, 2.05) is 17.8 Å². The Morgan fingerprint density at radius 1 is 1.26 bits per heavy atom. The van der Waals surface area contributed by atoms with Crippen molar-refractivity contribution >= 4 is 17.4 Å². The molecule has 19 heavy (non-hydrogen) atoms. The maximum atomic E-state index is 3.78. The van der Waals surface area contributed by atoms with E-state index in [1.165, 1.54) is 42.7 Å². The molecule has 1 aromatic rings. The van der Waals surface area contributed by atoms with Gasteiger partial charge in [0.05, 0.1) is 0 Å². The number of anilines is 1. The molecule has 2 heteroatoms. The highest BCUT2D eigenvalue weighted by Gasteiger charge is 2.05. The minimum Gasteiger partial charge on any atom is -0.382 e. The molecule has 0 saturated carbocycles. The highest BCUT2D eigenvalue weighted by atomic mass is 32.2. The molecule has 0 radical (unpaired) electrons. The molecule has 0 aliphatic heterocycles. The van der Waals surface area contributed by atoms with Crippen LogP contribution < -0.4 is 5.32 Å². The van der Waals surface area contributed by atoms with Crippen LogP contribution in [0, 0.1) is 0 Å². The average Bonchev–Trinajstić information content (AvgIpc) is 2.43. The van der Waals surface area contributed by atoms with Gasteiger partial charge in [-0.25, -0.2) is 0 Å². The van der Waals surface area contributed by atoms with Gasteiger partial charge >= 0.3 is 0 Å². The number of thioether (sulfide) groups is 1. The van der Waals surface area contributed by atoms with Crippen LogP contribution in [0.5, 0.6) is 0 Å². The fourth-order valence-corrected chi connectivity index (χ4v) is 2.83. The molecule has 0 heterocycles. The zero-order chi connectivity index (χ0) is 13.9. The lowest BCUT2D eigenvalue weighted by Gasteiger charge is -2.17. The van der Waals surface area contributed by atoms with Crippen molar-refractivity contribution < 1.29 is 0 Å². The van der Waals surface area contributed by atoms with E-state index in [4.69, 9.17) is 0 Å². The van der Waals surface area contributed by atoms with Crippen molar-refractivity contribution in [1.82, 2.24) is 0 Å². The number of para-hydroxylation sites is 1. The summed E-state index contributed by atoms with van der Waals surface area (Å²) in [6.07, 6.45) is 8.55. The fourth-order valence-electron chi connectivity index (χ4n) is 2.08. The SMILES string of the molecule is C=CCSc1ccccc1NC(C)CCCCCC. The third-order valence-corrected chi connectivity index (χ3v) is 4.21. The zero-order valence-electron chi connectivity index (χ0n) is 12.3. The van der Waals surface area contributed by atoms with E-state index < -0.39 is 0 Å². The Morgan fingerprint density at radius 2 is 2.05 bits per heavy atom. The van der Waals surface area contributed by atoms with Crippen LogP contribution in [0.25, 0.3) is 0 Å². The molecule has 1 rings (SSSR count). The lowest BCUT2D eigenvalue weighted by atomic mass is 10.1. The highest BCUT2D eigenvalue weighted by molar-refractivity contribution is 7.99. The van der Waals surface area contributed by atoms with Gasteiger partial charge < -0.3 is 5.32 Å². The number of nitrogens with one attached hydrogen (secondary N) is 1. The van der Waals surface area contributed by atoms with Crippen molar-refractivity contribution in [2.45, 2.75) is 56.9 Å². The molecule has 1 atom stereocenters. The fraction of sp³-hybridized carbons (Fsp3) is 0.529. The van der Waals surface area contributed by atoms with E-state index in [-0.39, 0.29) is 0 Å². The van der Waals surface area contributed by atoms with Crippen LogP contribution >= 0.6 is 11.8 Å². The smallest absolute Gasteiger partial charge is 0.0480 e. The van der Waals surface area contributed by atoms with E-state index in [9.17, 15) is 0 Å². The molecule has 1 unspecified atom stereocenters. The van der Waals surface area contributed by atoms with Crippen LogP contribution in [-0.2, 0) is 0 Å². The van der Waals surface area contributed by atoms with Gasteiger partial charge in [-0.1, -0.05) is 50.8 Å². The van der Waals surface area contributed by atoms with Gasteiger partial charge in [0, 0.05) is 22.4 Å². The Bertz CT molecular complexity index is 362. The summed E-state index contributed by atoms with van der Waals surface area (Å²) in [6, 6.07) is 9.10. The van der Waals surface area contributed by atoms with Crippen molar-refractivity contribution in [3.8, 4) is 0 Å². The second-order valence-corrected chi connectivity index (χ2v) is 6.05. The maximum Gasteiger partial charge on any atom is 0.0480 e. The molecule has 0 aliphatic carbocycles. The highest BCUT2D eigenvalue weighted by Crippen LogP contribution is 2.27. The summed E-state index contributed by atoms with van der Waals surface area (Å²) in [5, 5.41) is 3.64. The lowest BCUT2D eigenvalue weighted by Crippen LogP contribution is -2.15. The molecule has 1 N–H and O–H groups in total. The van der Waals surface area contributed by atoms with Gasteiger partial charge in [-0.05, 0) is 25.5 Å². The molecule has 106 valence electrons. The molecule has 0 spiro atoms. The molecule has 0 amide bonds. The van der Waals surface area contributed by atoms with E-state index in [0.29, 0.717) is 6.04 Å². The predicted molar refractivity (Wildman–Crippen MR) is 89.2 cm³/mol. The molecule has 0 aromatic heterocycles. The van der Waals surface area contributed by atoms with Crippen molar-refractivity contribution in [2.24, 2.45) is 0 Å². The first kappa shape index (κ1) is 16.2. The first-order valence-corrected chi connectivity index (χ1v) is 8.35. The summed E-state index contributed by atoms with van der Waals surface area (Å²) < 4.78 is 0. The van der Waals surface area contributed by atoms with Gasteiger partial charge in [0.25, 0.3) is 0 Å². The summed E-state index contributed by atoms with van der Waals surface area (Å²) in [5.41, 5.74) is 1.26. The number of rotatable bonds is 10. The lowest BCUT2D eigenvalue weighted by molar-refractivity contribution is 0.593. The summed E-state index contributed by atoms with van der Waals surface area (Å²) in [4.78, 5) is 1.32. The molecular weight excluding hydrogens is 250 g/mol. The van der Waals surface area contributed by atoms with Gasteiger partial charge in [0.1, 0.15) is 0 Å². The largest absolute Gasteiger partial charge is 0.382 e. The number of benzene rings is 1. The monoisotopic (exact) mass is 277 g/mol. The molecule has 0 saturated heterocycles. The van der Waals surface area contributed by atoms with Crippen LogP contribution in [0.2, 0.25) is 0 Å². The average molecular weight is 277 g/mol. The van der Waals surface area contributed by atoms with Crippen molar-refractivity contribution in [1.29, 1.82) is 0 Å². The molecule has 0 fully saturated rings. The van der Waals surface area contributed by atoms with Crippen molar-refractivity contribution in [3.05, 3.63) is 36.9 Å². The second-order valence-electron chi connectivity index (χ2n) is 4.99. The van der Waals surface area contributed by atoms with Gasteiger partial charge in [0.15, 0.2) is 0 Å². The van der Waals surface area contributed by atoms with Crippen LogP contribution in [0.3, 0.4) is 0 Å². The van der Waals surface area contributed by atoms with Crippen LogP contribution in [-0.4, -0.2) is 11.8 Å². The summed E-state index contributed by atoms with van der Waals surface area (Å²) in [5.74, 6) is 0.962. The van der Waals surface area contributed by atoms with Crippen LogP contribution in [0.4, 0.5) is 5.69 Å². The summed E-state index contributed by atoms with van der Waals surface area (Å²) in [7, 11) is 0. The Hall–Kier alpha value is -0.890.